The van der Waals surface area contributed by atoms with Crippen molar-refractivity contribution in [3.63, 3.8) is 0 Å². The minimum absolute atomic E-state index is 0.186. The summed E-state index contributed by atoms with van der Waals surface area (Å²) in [6.45, 7) is 0. The number of rotatable bonds is 6. The van der Waals surface area contributed by atoms with Crippen molar-refractivity contribution in [2.45, 2.75) is 69.2 Å². The smallest absolute Gasteiger partial charge is 0.145 e. The number of fused-ring (bicyclic) bond motifs is 3. The average molecular weight is 485 g/mol. The molecule has 36 heavy (non-hydrogen) atoms. The van der Waals surface area contributed by atoms with Crippen LogP contribution >= 0.6 is 0 Å². The topological polar surface area (TPSA) is 122 Å². The number of nitrogens with zero attached hydrogens (tertiary/aromatic N) is 4. The number of aromatic nitrogens is 4. The van der Waals surface area contributed by atoms with E-state index in [0.717, 1.165) is 47.8 Å². The van der Waals surface area contributed by atoms with Crippen molar-refractivity contribution in [2.75, 3.05) is 11.1 Å². The van der Waals surface area contributed by atoms with Gasteiger partial charge in [-0.05, 0) is 80.7 Å². The van der Waals surface area contributed by atoms with Gasteiger partial charge in [-0.3, -0.25) is 0 Å². The van der Waals surface area contributed by atoms with Crippen LogP contribution in [0.2, 0.25) is 0 Å². The van der Waals surface area contributed by atoms with Crippen molar-refractivity contribution >= 4 is 33.6 Å². The number of benzene rings is 1. The van der Waals surface area contributed by atoms with Crippen molar-refractivity contribution in [3.05, 3.63) is 54.5 Å². The van der Waals surface area contributed by atoms with E-state index in [0.29, 0.717) is 17.5 Å². The molecule has 3 saturated carbocycles. The van der Waals surface area contributed by atoms with Gasteiger partial charge in [-0.1, -0.05) is 12.1 Å². The lowest BCUT2D eigenvalue weighted by molar-refractivity contribution is -0.0742. The minimum Gasteiger partial charge on any atom is -0.390 e. The first-order chi connectivity index (χ1) is 17.5. The second kappa shape index (κ2) is 8.15. The van der Waals surface area contributed by atoms with Crippen molar-refractivity contribution in [1.82, 2.24) is 19.5 Å². The quantitative estimate of drug-likeness (QED) is 0.328. The second-order valence-corrected chi connectivity index (χ2v) is 11.0. The molecule has 4 aromatic rings. The molecule has 3 aliphatic rings. The van der Waals surface area contributed by atoms with Gasteiger partial charge in [0.1, 0.15) is 29.7 Å². The predicted octanol–water partition coefficient (Wildman–Crippen LogP) is 3.83. The number of anilines is 2. The molecule has 0 spiro atoms. The molecule has 3 aromatic heterocycles. The van der Waals surface area contributed by atoms with Crippen LogP contribution in [0, 0.1) is 11.3 Å². The van der Waals surface area contributed by atoms with Gasteiger partial charge >= 0.3 is 0 Å². The lowest BCUT2D eigenvalue weighted by Crippen LogP contribution is -2.46. The standard InChI is InChI=1S/C28H32N6O2/c29-26-19-10-13-34(27(19)31-15-30-26)23-20-9-12-28(20,25(36)24(23)35)11-8-16-4-5-17-6-7-22(33-21(17)14-16)32-18-2-1-3-18/h4-7,10,13-15,18,20,23-25,35-36H,1-3,8-9,11-12H2,(H,32,33)(H2,29,30,31)/t20-,23-,24+,25+,28-/m1/s1. The molecule has 5 atom stereocenters. The fourth-order valence-electron chi connectivity index (χ4n) is 6.91. The SMILES string of the molecule is Nc1ncnc2c1ccn2[C@H]1[C@H](O)[C@H](O)[C@]2(CCc3ccc4ccc(NC5CCC5)nc4c3)CC[C@H]12. The molecule has 0 unspecified atom stereocenters. The summed E-state index contributed by atoms with van der Waals surface area (Å²) in [5.41, 5.74) is 8.68. The Hall–Kier alpha value is -3.23. The zero-order chi connectivity index (χ0) is 24.4. The summed E-state index contributed by atoms with van der Waals surface area (Å²) < 4.78 is 2.00. The highest BCUT2D eigenvalue weighted by Crippen LogP contribution is 2.64. The van der Waals surface area contributed by atoms with Crippen LogP contribution in [0.4, 0.5) is 11.6 Å². The zero-order valence-electron chi connectivity index (χ0n) is 20.2. The Morgan fingerprint density at radius 2 is 1.94 bits per heavy atom. The molecule has 0 saturated heterocycles. The van der Waals surface area contributed by atoms with E-state index in [2.05, 4.69) is 45.6 Å². The molecule has 8 nitrogen and oxygen atoms in total. The van der Waals surface area contributed by atoms with Gasteiger partial charge < -0.3 is 25.8 Å². The third-order valence-corrected chi connectivity index (χ3v) is 9.29. The second-order valence-electron chi connectivity index (χ2n) is 11.0. The zero-order valence-corrected chi connectivity index (χ0v) is 20.2. The summed E-state index contributed by atoms with van der Waals surface area (Å²) in [6.07, 6.45) is 9.07. The van der Waals surface area contributed by atoms with Crippen LogP contribution in [-0.4, -0.2) is 48.0 Å². The molecular formula is C28H32N6O2. The molecule has 186 valence electrons. The highest BCUT2D eigenvalue weighted by molar-refractivity contribution is 5.86. The van der Waals surface area contributed by atoms with Crippen molar-refractivity contribution in [3.8, 4) is 0 Å². The summed E-state index contributed by atoms with van der Waals surface area (Å²) in [4.78, 5) is 13.4. The summed E-state index contributed by atoms with van der Waals surface area (Å²) in [7, 11) is 0. The molecule has 5 N–H and O–H groups in total. The number of hydrogen-bond acceptors (Lipinski definition) is 7. The van der Waals surface area contributed by atoms with E-state index in [4.69, 9.17) is 10.7 Å². The van der Waals surface area contributed by atoms with Gasteiger partial charge in [-0.15, -0.1) is 0 Å². The first kappa shape index (κ1) is 22.0. The van der Waals surface area contributed by atoms with E-state index in [1.54, 1.807) is 0 Å². The van der Waals surface area contributed by atoms with E-state index in [1.165, 1.54) is 31.2 Å². The normalized spacial score (nSPS) is 29.7. The predicted molar refractivity (Wildman–Crippen MR) is 139 cm³/mol. The largest absolute Gasteiger partial charge is 0.390 e. The molecule has 3 fully saturated rings. The molecule has 0 bridgehead atoms. The van der Waals surface area contributed by atoms with E-state index in [1.807, 2.05) is 16.8 Å². The van der Waals surface area contributed by atoms with Crippen molar-refractivity contribution in [2.24, 2.45) is 11.3 Å². The third-order valence-electron chi connectivity index (χ3n) is 9.29. The van der Waals surface area contributed by atoms with E-state index < -0.39 is 12.2 Å². The maximum Gasteiger partial charge on any atom is 0.145 e. The monoisotopic (exact) mass is 484 g/mol. The van der Waals surface area contributed by atoms with E-state index in [-0.39, 0.29) is 17.4 Å². The average Bonchev–Trinajstić information content (AvgIpc) is 3.33. The van der Waals surface area contributed by atoms with E-state index >= 15 is 0 Å². The highest BCUT2D eigenvalue weighted by atomic mass is 16.3. The van der Waals surface area contributed by atoms with Crippen LogP contribution in [0.3, 0.4) is 0 Å². The third kappa shape index (κ3) is 3.24. The summed E-state index contributed by atoms with van der Waals surface area (Å²) in [5, 5.41) is 28.0. The molecule has 1 aromatic carbocycles. The molecule has 0 aliphatic heterocycles. The number of aliphatic hydroxyl groups is 2. The van der Waals surface area contributed by atoms with Crippen LogP contribution < -0.4 is 11.1 Å². The van der Waals surface area contributed by atoms with Crippen LogP contribution in [0.1, 0.15) is 50.1 Å². The first-order valence-electron chi connectivity index (χ1n) is 13.1. The Morgan fingerprint density at radius 3 is 2.72 bits per heavy atom. The molecule has 7 rings (SSSR count). The summed E-state index contributed by atoms with van der Waals surface area (Å²) >= 11 is 0. The molecule has 3 aliphatic carbocycles. The van der Waals surface area contributed by atoms with Gasteiger partial charge in [0.15, 0.2) is 0 Å². The van der Waals surface area contributed by atoms with Crippen molar-refractivity contribution in [1.29, 1.82) is 0 Å². The molecule has 3 heterocycles. The number of aryl methyl sites for hydroxylation is 1. The Kier molecular flexibility index (Phi) is 4.98. The molecule has 0 amide bonds. The van der Waals surface area contributed by atoms with Gasteiger partial charge in [0.05, 0.1) is 23.0 Å². The molecular weight excluding hydrogens is 452 g/mol. The number of aliphatic hydroxyl groups excluding tert-OH is 2. The van der Waals surface area contributed by atoms with Gasteiger partial charge in [0, 0.05) is 23.0 Å². The van der Waals surface area contributed by atoms with Gasteiger partial charge in [0.25, 0.3) is 0 Å². The Balaban J connectivity index is 1.13. The minimum atomic E-state index is -0.845. The highest BCUT2D eigenvalue weighted by Gasteiger charge is 2.64. The van der Waals surface area contributed by atoms with Gasteiger partial charge in [0.2, 0.25) is 0 Å². The van der Waals surface area contributed by atoms with Gasteiger partial charge in [-0.2, -0.15) is 0 Å². The first-order valence-corrected chi connectivity index (χ1v) is 13.1. The number of nitrogen functional groups attached to an aromatic ring is 1. The molecule has 8 heteroatoms. The number of hydrogen-bond donors (Lipinski definition) is 4. The summed E-state index contributed by atoms with van der Waals surface area (Å²) in [5.74, 6) is 1.57. The lowest BCUT2D eigenvalue weighted by Gasteiger charge is -2.48. The maximum atomic E-state index is 11.3. The molecule has 0 radical (unpaired) electrons. The van der Waals surface area contributed by atoms with E-state index in [9.17, 15) is 10.2 Å². The van der Waals surface area contributed by atoms with Crippen LogP contribution in [-0.2, 0) is 6.42 Å². The lowest BCUT2D eigenvalue weighted by atomic mass is 9.58. The Bertz CT molecular complexity index is 1450. The number of nitrogens with one attached hydrogen (secondary N) is 1. The number of nitrogens with two attached hydrogens (primary N) is 1. The van der Waals surface area contributed by atoms with Crippen LogP contribution in [0.5, 0.6) is 0 Å². The fraction of sp³-hybridized carbons (Fsp3) is 0.464. The number of pyridine rings is 1. The van der Waals surface area contributed by atoms with Crippen molar-refractivity contribution < 1.29 is 10.2 Å². The summed E-state index contributed by atoms with van der Waals surface area (Å²) in [6, 6.07) is 12.9. The van der Waals surface area contributed by atoms with Crippen LogP contribution in [0.25, 0.3) is 21.9 Å². The van der Waals surface area contributed by atoms with Crippen LogP contribution in [0.15, 0.2) is 48.9 Å². The Morgan fingerprint density at radius 1 is 1.08 bits per heavy atom. The Labute approximate surface area is 209 Å². The van der Waals surface area contributed by atoms with Gasteiger partial charge in [-0.25, -0.2) is 15.0 Å². The fourth-order valence-corrected chi connectivity index (χ4v) is 6.91. The maximum absolute atomic E-state index is 11.3.